The van der Waals surface area contributed by atoms with E-state index >= 15 is 0 Å². The lowest BCUT2D eigenvalue weighted by molar-refractivity contribution is 0.126. The molecule has 1 aromatic rings. The highest BCUT2D eigenvalue weighted by Crippen LogP contribution is 2.18. The van der Waals surface area contributed by atoms with Crippen molar-refractivity contribution in [3.8, 4) is 0 Å². The second kappa shape index (κ2) is 5.62. The fourth-order valence-electron chi connectivity index (χ4n) is 2.19. The number of rotatable bonds is 3. The summed E-state index contributed by atoms with van der Waals surface area (Å²) in [7, 11) is 0. The van der Waals surface area contributed by atoms with Gasteiger partial charge in [-0.1, -0.05) is 0 Å². The van der Waals surface area contributed by atoms with Gasteiger partial charge in [0.1, 0.15) is 0 Å². The Morgan fingerprint density at radius 2 is 1.94 bits per heavy atom. The van der Waals surface area contributed by atoms with E-state index in [0.29, 0.717) is 19.0 Å². The van der Waals surface area contributed by atoms with Crippen molar-refractivity contribution in [3.05, 3.63) is 24.3 Å². The smallest absolute Gasteiger partial charge is 0.407 e. The zero-order valence-corrected chi connectivity index (χ0v) is 10.3. The average Bonchev–Trinajstić information content (AvgIpc) is 2.38. The summed E-state index contributed by atoms with van der Waals surface area (Å²) >= 11 is 0. The van der Waals surface area contributed by atoms with Gasteiger partial charge in [-0.3, -0.25) is 0 Å². The molecule has 18 heavy (non-hydrogen) atoms. The summed E-state index contributed by atoms with van der Waals surface area (Å²) in [5, 5.41) is 12.2. The van der Waals surface area contributed by atoms with Gasteiger partial charge in [0.25, 0.3) is 0 Å². The van der Waals surface area contributed by atoms with Crippen LogP contribution in [0.4, 0.5) is 16.2 Å². The number of nitrogens with zero attached hydrogens (tertiary/aromatic N) is 1. The predicted octanol–water partition coefficient (Wildman–Crippen LogP) is 2.07. The third-order valence-electron chi connectivity index (χ3n) is 3.39. The number of nitrogens with one attached hydrogen (secondary N) is 1. The molecule has 1 aliphatic rings. The third kappa shape index (κ3) is 3.29. The van der Waals surface area contributed by atoms with Crippen molar-refractivity contribution < 1.29 is 9.90 Å². The Bertz CT molecular complexity index is 397. The predicted molar refractivity (Wildman–Crippen MR) is 71.7 cm³/mol. The summed E-state index contributed by atoms with van der Waals surface area (Å²) < 4.78 is 0. The fourth-order valence-corrected chi connectivity index (χ4v) is 2.19. The molecular weight excluding hydrogens is 230 g/mol. The Kier molecular flexibility index (Phi) is 3.92. The molecule has 1 aliphatic heterocycles. The Balaban J connectivity index is 1.75. The molecule has 0 atom stereocenters. The molecule has 1 aromatic carbocycles. The maximum Gasteiger partial charge on any atom is 0.407 e. The average molecular weight is 249 g/mol. The second-order valence-corrected chi connectivity index (χ2v) is 4.72. The molecule has 4 N–H and O–H groups in total. The first-order chi connectivity index (χ1) is 8.65. The van der Waals surface area contributed by atoms with E-state index in [0.717, 1.165) is 30.8 Å². The number of nitrogens with two attached hydrogens (primary N) is 1. The zero-order chi connectivity index (χ0) is 13.0. The van der Waals surface area contributed by atoms with Gasteiger partial charge in [-0.05, 0) is 43.0 Å². The maximum atomic E-state index is 10.8. The number of hydrogen-bond donors (Lipinski definition) is 3. The number of nitrogen functional groups attached to an aromatic ring is 1. The van der Waals surface area contributed by atoms with Gasteiger partial charge in [-0.15, -0.1) is 0 Å². The third-order valence-corrected chi connectivity index (χ3v) is 3.39. The first-order valence-corrected chi connectivity index (χ1v) is 6.22. The Hall–Kier alpha value is -1.91. The van der Waals surface area contributed by atoms with Crippen LogP contribution in [0.3, 0.4) is 0 Å². The van der Waals surface area contributed by atoms with Crippen molar-refractivity contribution in [2.75, 3.05) is 30.7 Å². The van der Waals surface area contributed by atoms with Crippen LogP contribution in [0.25, 0.3) is 0 Å². The van der Waals surface area contributed by atoms with Crippen molar-refractivity contribution in [3.63, 3.8) is 0 Å². The lowest BCUT2D eigenvalue weighted by atomic mass is 9.97. The monoisotopic (exact) mass is 249 g/mol. The summed E-state index contributed by atoms with van der Waals surface area (Å²) in [6, 6.07) is 7.66. The van der Waals surface area contributed by atoms with E-state index in [1.807, 2.05) is 24.3 Å². The van der Waals surface area contributed by atoms with Crippen LogP contribution in [0, 0.1) is 5.92 Å². The number of anilines is 2. The standard InChI is InChI=1S/C13H19N3O2/c14-11-1-3-12(4-2-11)15-9-10-5-7-16(8-6-10)13(17)18/h1-4,10,15H,5-9,14H2,(H,17,18). The van der Waals surface area contributed by atoms with Gasteiger partial charge in [0.15, 0.2) is 0 Å². The quantitative estimate of drug-likeness (QED) is 0.716. The molecule has 1 amide bonds. The van der Waals surface area contributed by atoms with Crippen molar-refractivity contribution in [2.24, 2.45) is 5.92 Å². The Morgan fingerprint density at radius 3 is 2.50 bits per heavy atom. The minimum absolute atomic E-state index is 0.540. The summed E-state index contributed by atoms with van der Waals surface area (Å²) in [6.45, 7) is 2.17. The van der Waals surface area contributed by atoms with Gasteiger partial charge in [0.2, 0.25) is 0 Å². The van der Waals surface area contributed by atoms with Gasteiger partial charge in [-0.25, -0.2) is 4.79 Å². The zero-order valence-electron chi connectivity index (χ0n) is 10.3. The first-order valence-electron chi connectivity index (χ1n) is 6.22. The van der Waals surface area contributed by atoms with Gasteiger partial charge >= 0.3 is 6.09 Å². The minimum atomic E-state index is -0.806. The van der Waals surface area contributed by atoms with E-state index in [-0.39, 0.29) is 0 Å². The highest BCUT2D eigenvalue weighted by molar-refractivity contribution is 5.65. The second-order valence-electron chi connectivity index (χ2n) is 4.72. The normalized spacial score (nSPS) is 16.6. The number of likely N-dealkylation sites (tertiary alicyclic amines) is 1. The molecule has 5 nitrogen and oxygen atoms in total. The van der Waals surface area contributed by atoms with Gasteiger partial charge in [0, 0.05) is 31.0 Å². The molecule has 98 valence electrons. The van der Waals surface area contributed by atoms with E-state index in [2.05, 4.69) is 5.32 Å². The van der Waals surface area contributed by atoms with E-state index in [1.54, 1.807) is 0 Å². The van der Waals surface area contributed by atoms with Crippen molar-refractivity contribution in [1.29, 1.82) is 0 Å². The number of benzene rings is 1. The maximum absolute atomic E-state index is 10.8. The van der Waals surface area contributed by atoms with Crippen LogP contribution in [0.5, 0.6) is 0 Å². The van der Waals surface area contributed by atoms with Gasteiger partial charge in [0.05, 0.1) is 0 Å². The number of carbonyl (C=O) groups is 1. The highest BCUT2D eigenvalue weighted by Gasteiger charge is 2.21. The Labute approximate surface area is 107 Å². The summed E-state index contributed by atoms with van der Waals surface area (Å²) in [5.74, 6) is 0.540. The Morgan fingerprint density at radius 1 is 1.33 bits per heavy atom. The first kappa shape index (κ1) is 12.5. The molecule has 0 spiro atoms. The fraction of sp³-hybridized carbons (Fsp3) is 0.462. The van der Waals surface area contributed by atoms with Crippen LogP contribution < -0.4 is 11.1 Å². The number of amides is 1. The molecule has 1 fully saturated rings. The van der Waals surface area contributed by atoms with Crippen LogP contribution in [-0.4, -0.2) is 35.7 Å². The number of carboxylic acid groups (broad SMARTS) is 1. The lowest BCUT2D eigenvalue weighted by Gasteiger charge is -2.30. The summed E-state index contributed by atoms with van der Waals surface area (Å²) in [4.78, 5) is 12.3. The summed E-state index contributed by atoms with van der Waals surface area (Å²) in [6.07, 6.45) is 1.04. The molecule has 2 rings (SSSR count). The number of piperidine rings is 1. The molecule has 1 saturated heterocycles. The van der Waals surface area contributed by atoms with Crippen molar-refractivity contribution in [2.45, 2.75) is 12.8 Å². The van der Waals surface area contributed by atoms with E-state index in [1.165, 1.54) is 4.90 Å². The molecule has 0 unspecified atom stereocenters. The molecule has 0 bridgehead atoms. The van der Waals surface area contributed by atoms with Crippen LogP contribution >= 0.6 is 0 Å². The van der Waals surface area contributed by atoms with Crippen LogP contribution in [0.1, 0.15) is 12.8 Å². The molecule has 0 saturated carbocycles. The van der Waals surface area contributed by atoms with Crippen molar-refractivity contribution >= 4 is 17.5 Å². The highest BCUT2D eigenvalue weighted by atomic mass is 16.4. The lowest BCUT2D eigenvalue weighted by Crippen LogP contribution is -2.39. The van der Waals surface area contributed by atoms with E-state index in [4.69, 9.17) is 10.8 Å². The molecule has 1 heterocycles. The topological polar surface area (TPSA) is 78.6 Å². The number of hydrogen-bond acceptors (Lipinski definition) is 3. The van der Waals surface area contributed by atoms with Gasteiger partial charge in [-0.2, -0.15) is 0 Å². The minimum Gasteiger partial charge on any atom is -0.465 e. The molecular formula is C13H19N3O2. The molecule has 0 aliphatic carbocycles. The SMILES string of the molecule is Nc1ccc(NCC2CCN(C(=O)O)CC2)cc1. The van der Waals surface area contributed by atoms with Crippen molar-refractivity contribution in [1.82, 2.24) is 4.90 Å². The molecule has 0 aromatic heterocycles. The molecule has 0 radical (unpaired) electrons. The van der Waals surface area contributed by atoms with Crippen LogP contribution in [-0.2, 0) is 0 Å². The van der Waals surface area contributed by atoms with E-state index < -0.39 is 6.09 Å². The summed E-state index contributed by atoms with van der Waals surface area (Å²) in [5.41, 5.74) is 7.44. The molecule has 5 heteroatoms. The van der Waals surface area contributed by atoms with E-state index in [9.17, 15) is 4.79 Å². The van der Waals surface area contributed by atoms with Crippen LogP contribution in [0.2, 0.25) is 0 Å². The van der Waals surface area contributed by atoms with Crippen LogP contribution in [0.15, 0.2) is 24.3 Å². The largest absolute Gasteiger partial charge is 0.465 e. The van der Waals surface area contributed by atoms with Gasteiger partial charge < -0.3 is 21.1 Å².